The van der Waals surface area contributed by atoms with E-state index in [0.717, 1.165) is 24.3 Å². The molecule has 0 spiro atoms. The van der Waals surface area contributed by atoms with Crippen molar-refractivity contribution in [2.24, 2.45) is 5.92 Å². The van der Waals surface area contributed by atoms with Crippen LogP contribution in [0, 0.1) is 5.92 Å². The molecule has 29 heavy (non-hydrogen) atoms. The first kappa shape index (κ1) is 21.3. The van der Waals surface area contributed by atoms with E-state index in [4.69, 9.17) is 5.21 Å². The topological polar surface area (TPSA) is 91.6 Å². The molecule has 2 N–H and O–H groups in total. The number of hydrogen-bond acceptors (Lipinski definition) is 4. The third-order valence-corrected chi connectivity index (χ3v) is 6.78. The van der Waals surface area contributed by atoms with Gasteiger partial charge in [-0.1, -0.05) is 13.8 Å². The summed E-state index contributed by atoms with van der Waals surface area (Å²) in [6.07, 6.45) is -3.03. The van der Waals surface area contributed by atoms with Crippen LogP contribution in [-0.4, -0.2) is 34.9 Å². The fourth-order valence-corrected chi connectivity index (χ4v) is 5.27. The van der Waals surface area contributed by atoms with Gasteiger partial charge in [-0.15, -0.1) is 0 Å². The minimum atomic E-state index is -4.56. The maximum atomic E-state index is 13.2. The highest BCUT2D eigenvalue weighted by Gasteiger charge is 2.39. The molecule has 0 bridgehead atoms. The molecule has 0 fully saturated rings. The van der Waals surface area contributed by atoms with E-state index in [9.17, 15) is 26.4 Å². The maximum Gasteiger partial charge on any atom is 0.416 e. The lowest BCUT2D eigenvalue weighted by Crippen LogP contribution is -2.43. The molecule has 0 aliphatic carbocycles. The standard InChI is InChI=1S/C18H20F3N3O4S/c1-11(2)16-15-9-12(17(25)22-26)10-23(15)7-8-24(16)29(27,28)14-5-3-13(4-6-14)18(19,20)21/h3-6,9-11,16,26H,7-8H2,1-2H3,(H,22,25). The molecule has 1 aliphatic heterocycles. The first-order valence-electron chi connectivity index (χ1n) is 8.80. The summed E-state index contributed by atoms with van der Waals surface area (Å²) >= 11 is 0. The Balaban J connectivity index is 2.01. The molecule has 1 aliphatic rings. The number of aromatic nitrogens is 1. The second-order valence-corrected chi connectivity index (χ2v) is 9.01. The lowest BCUT2D eigenvalue weighted by Gasteiger charge is -2.38. The Morgan fingerprint density at radius 3 is 2.34 bits per heavy atom. The molecule has 7 nitrogen and oxygen atoms in total. The Hall–Kier alpha value is -2.37. The number of fused-ring (bicyclic) bond motifs is 1. The molecule has 1 aromatic heterocycles. The lowest BCUT2D eigenvalue weighted by atomic mass is 9.99. The number of halogens is 3. The summed E-state index contributed by atoms with van der Waals surface area (Å²) in [6.45, 7) is 3.98. The average Bonchev–Trinajstić information content (AvgIpc) is 3.10. The Labute approximate surface area is 165 Å². The highest BCUT2D eigenvalue weighted by atomic mass is 32.2. The fourth-order valence-electron chi connectivity index (χ4n) is 3.55. The molecule has 11 heteroatoms. The molecule has 2 aromatic rings. The molecular weight excluding hydrogens is 411 g/mol. The van der Waals surface area contributed by atoms with E-state index < -0.39 is 33.7 Å². The van der Waals surface area contributed by atoms with Crippen molar-refractivity contribution in [1.29, 1.82) is 0 Å². The highest BCUT2D eigenvalue weighted by Crippen LogP contribution is 2.38. The van der Waals surface area contributed by atoms with Crippen LogP contribution in [0.1, 0.15) is 41.5 Å². The van der Waals surface area contributed by atoms with Gasteiger partial charge in [-0.05, 0) is 36.2 Å². The average molecular weight is 431 g/mol. The van der Waals surface area contributed by atoms with Gasteiger partial charge in [0, 0.05) is 25.0 Å². The van der Waals surface area contributed by atoms with Gasteiger partial charge in [0.15, 0.2) is 0 Å². The van der Waals surface area contributed by atoms with Gasteiger partial charge in [0.1, 0.15) is 0 Å². The summed E-state index contributed by atoms with van der Waals surface area (Å²) in [5.41, 5.74) is 1.37. The zero-order chi connectivity index (χ0) is 21.6. The summed E-state index contributed by atoms with van der Waals surface area (Å²) in [6, 6.07) is 4.27. The van der Waals surface area contributed by atoms with Crippen LogP contribution < -0.4 is 5.48 Å². The van der Waals surface area contributed by atoms with E-state index in [1.807, 2.05) is 13.8 Å². The first-order valence-corrected chi connectivity index (χ1v) is 10.2. The van der Waals surface area contributed by atoms with E-state index >= 15 is 0 Å². The molecule has 0 radical (unpaired) electrons. The zero-order valence-corrected chi connectivity index (χ0v) is 16.5. The van der Waals surface area contributed by atoms with Crippen LogP contribution in [0.15, 0.2) is 41.4 Å². The van der Waals surface area contributed by atoms with Gasteiger partial charge in [-0.2, -0.15) is 17.5 Å². The second kappa shape index (κ2) is 7.47. The number of alkyl halides is 3. The van der Waals surface area contributed by atoms with Crippen LogP contribution in [0.3, 0.4) is 0 Å². The lowest BCUT2D eigenvalue weighted by molar-refractivity contribution is -0.137. The first-order chi connectivity index (χ1) is 13.5. The number of sulfonamides is 1. The van der Waals surface area contributed by atoms with Crippen LogP contribution in [0.2, 0.25) is 0 Å². The monoisotopic (exact) mass is 431 g/mol. The Morgan fingerprint density at radius 2 is 1.83 bits per heavy atom. The Bertz CT molecular complexity index is 1010. The van der Waals surface area contributed by atoms with Gasteiger partial charge in [-0.3, -0.25) is 10.0 Å². The van der Waals surface area contributed by atoms with E-state index in [1.165, 1.54) is 16.6 Å². The molecule has 0 saturated carbocycles. The Kier molecular flexibility index (Phi) is 5.50. The van der Waals surface area contributed by atoms with Gasteiger partial charge in [0.25, 0.3) is 5.91 Å². The van der Waals surface area contributed by atoms with Gasteiger partial charge in [-0.25, -0.2) is 13.9 Å². The van der Waals surface area contributed by atoms with Crippen LogP contribution in [0.5, 0.6) is 0 Å². The number of benzene rings is 1. The van der Waals surface area contributed by atoms with Crippen LogP contribution >= 0.6 is 0 Å². The summed E-state index contributed by atoms with van der Waals surface area (Å²) in [4.78, 5) is 11.5. The summed E-state index contributed by atoms with van der Waals surface area (Å²) in [5, 5.41) is 8.84. The van der Waals surface area contributed by atoms with Crippen LogP contribution in [0.25, 0.3) is 0 Å². The second-order valence-electron chi connectivity index (χ2n) is 7.11. The minimum Gasteiger partial charge on any atom is -0.348 e. The fraction of sp³-hybridized carbons (Fsp3) is 0.389. The van der Waals surface area contributed by atoms with Crippen molar-refractivity contribution in [3.63, 3.8) is 0 Å². The molecule has 1 unspecified atom stereocenters. The summed E-state index contributed by atoms with van der Waals surface area (Å²) < 4.78 is 67.7. The smallest absolute Gasteiger partial charge is 0.348 e. The molecule has 2 heterocycles. The quantitative estimate of drug-likeness (QED) is 0.575. The van der Waals surface area contributed by atoms with Crippen molar-refractivity contribution in [3.05, 3.63) is 53.3 Å². The third kappa shape index (κ3) is 3.89. The van der Waals surface area contributed by atoms with Crippen LogP contribution in [-0.2, 0) is 22.7 Å². The predicted molar refractivity (Wildman–Crippen MR) is 96.6 cm³/mol. The van der Waals surface area contributed by atoms with Crippen molar-refractivity contribution >= 4 is 15.9 Å². The number of hydrogen-bond donors (Lipinski definition) is 2. The Morgan fingerprint density at radius 1 is 1.21 bits per heavy atom. The largest absolute Gasteiger partial charge is 0.416 e. The van der Waals surface area contributed by atoms with Crippen molar-refractivity contribution in [2.75, 3.05) is 6.54 Å². The van der Waals surface area contributed by atoms with Gasteiger partial charge in [0.2, 0.25) is 10.0 Å². The number of carbonyl (C=O) groups excluding carboxylic acids is 1. The third-order valence-electron chi connectivity index (χ3n) is 4.89. The number of rotatable bonds is 4. The van der Waals surface area contributed by atoms with Gasteiger partial charge < -0.3 is 4.57 Å². The maximum absolute atomic E-state index is 13.2. The van der Waals surface area contributed by atoms with Gasteiger partial charge in [0.05, 0.1) is 22.1 Å². The zero-order valence-electron chi connectivity index (χ0n) is 15.6. The van der Waals surface area contributed by atoms with E-state index in [1.54, 1.807) is 10.0 Å². The van der Waals surface area contributed by atoms with E-state index in [2.05, 4.69) is 0 Å². The molecule has 3 rings (SSSR count). The van der Waals surface area contributed by atoms with E-state index in [0.29, 0.717) is 5.69 Å². The number of carbonyl (C=O) groups is 1. The summed E-state index contributed by atoms with van der Waals surface area (Å²) in [7, 11) is -4.08. The normalized spacial score (nSPS) is 18.0. The number of nitrogens with zero attached hydrogens (tertiary/aromatic N) is 2. The minimum absolute atomic E-state index is 0.0913. The number of nitrogens with one attached hydrogen (secondary N) is 1. The molecule has 158 valence electrons. The van der Waals surface area contributed by atoms with Crippen molar-refractivity contribution in [3.8, 4) is 0 Å². The molecule has 0 saturated heterocycles. The number of hydroxylamine groups is 1. The van der Waals surface area contributed by atoms with Gasteiger partial charge >= 0.3 is 6.18 Å². The highest BCUT2D eigenvalue weighted by molar-refractivity contribution is 7.89. The molecular formula is C18H20F3N3O4S. The molecule has 1 atom stereocenters. The SMILES string of the molecule is CC(C)C1c2cc(C(=O)NO)cn2CCN1S(=O)(=O)c1ccc(C(F)(F)F)cc1. The van der Waals surface area contributed by atoms with Crippen molar-refractivity contribution in [2.45, 2.75) is 37.5 Å². The summed E-state index contributed by atoms with van der Waals surface area (Å²) in [5.74, 6) is -0.898. The molecule has 1 aromatic carbocycles. The van der Waals surface area contributed by atoms with E-state index in [-0.39, 0.29) is 29.5 Å². The van der Waals surface area contributed by atoms with Crippen molar-refractivity contribution in [1.82, 2.24) is 14.4 Å². The molecule has 1 amide bonds. The van der Waals surface area contributed by atoms with Crippen LogP contribution in [0.4, 0.5) is 13.2 Å². The predicted octanol–water partition coefficient (Wildman–Crippen LogP) is 3.03. The van der Waals surface area contributed by atoms with Crippen molar-refractivity contribution < 1.29 is 31.6 Å². The number of amides is 1.